The van der Waals surface area contributed by atoms with Gasteiger partial charge in [0, 0.05) is 7.05 Å². The molecule has 7 heavy (non-hydrogen) atoms. The van der Waals surface area contributed by atoms with Gasteiger partial charge >= 0.3 is 0 Å². The standard InChI is InChI=1S/C2H4N5/c1-3-2-4-6-7-5-2/h1H3,(H,3,4,7). The third-order valence-corrected chi connectivity index (χ3v) is 0.542. The molecule has 0 aromatic heterocycles. The summed E-state index contributed by atoms with van der Waals surface area (Å²) in [6, 6.07) is 0. The second kappa shape index (κ2) is 1.55. The van der Waals surface area contributed by atoms with E-state index in [1.165, 1.54) is 0 Å². The Hall–Kier alpha value is -1.13. The minimum atomic E-state index is 0.458. The summed E-state index contributed by atoms with van der Waals surface area (Å²) in [5.41, 5.74) is 3.45. The van der Waals surface area contributed by atoms with Crippen molar-refractivity contribution < 1.29 is 0 Å². The quantitative estimate of drug-likeness (QED) is 0.434. The van der Waals surface area contributed by atoms with Gasteiger partial charge in [-0.05, 0) is 10.4 Å². The maximum Gasteiger partial charge on any atom is 0.265 e. The molecule has 0 bridgehead atoms. The number of nitrogens with zero attached hydrogens (tertiary/aromatic N) is 4. The maximum atomic E-state index is 3.45. The SMILES string of the molecule is CNC1=NN=N[N]1. The summed E-state index contributed by atoms with van der Waals surface area (Å²) in [7, 11) is 1.71. The molecule has 1 N–H and O–H groups in total. The fourth-order valence-corrected chi connectivity index (χ4v) is 0.245. The Morgan fingerprint density at radius 1 is 1.43 bits per heavy atom. The van der Waals surface area contributed by atoms with Crippen molar-refractivity contribution >= 4 is 5.96 Å². The Morgan fingerprint density at radius 2 is 2.29 bits per heavy atom. The smallest absolute Gasteiger partial charge is 0.265 e. The second-order valence-corrected chi connectivity index (χ2v) is 0.952. The average molecular weight is 98.1 g/mol. The van der Waals surface area contributed by atoms with E-state index in [1.807, 2.05) is 0 Å². The minimum absolute atomic E-state index is 0.458. The van der Waals surface area contributed by atoms with Crippen LogP contribution in [0.25, 0.3) is 0 Å². The molecule has 5 nitrogen and oxygen atoms in total. The van der Waals surface area contributed by atoms with Gasteiger partial charge in [0.1, 0.15) is 0 Å². The van der Waals surface area contributed by atoms with Crippen LogP contribution in [0.5, 0.6) is 0 Å². The molecule has 0 aliphatic carbocycles. The molecule has 1 heterocycles. The van der Waals surface area contributed by atoms with E-state index in [4.69, 9.17) is 0 Å². The molecule has 37 valence electrons. The molecular weight excluding hydrogens is 94.1 g/mol. The monoisotopic (exact) mass is 98.0 g/mol. The van der Waals surface area contributed by atoms with E-state index in [2.05, 4.69) is 26.3 Å². The Labute approximate surface area is 40.5 Å². The van der Waals surface area contributed by atoms with Gasteiger partial charge in [-0.15, -0.1) is 0 Å². The fourth-order valence-electron chi connectivity index (χ4n) is 0.245. The molecule has 1 radical (unpaired) electrons. The lowest BCUT2D eigenvalue weighted by molar-refractivity contribution is 0.903. The first-order chi connectivity index (χ1) is 3.43. The van der Waals surface area contributed by atoms with E-state index in [0.717, 1.165) is 0 Å². The zero-order valence-electron chi connectivity index (χ0n) is 3.79. The van der Waals surface area contributed by atoms with Gasteiger partial charge in [0.2, 0.25) is 0 Å². The summed E-state index contributed by atoms with van der Waals surface area (Å²) in [4.78, 5) is 0. The van der Waals surface area contributed by atoms with E-state index >= 15 is 0 Å². The molecule has 5 heteroatoms. The Morgan fingerprint density at radius 3 is 2.57 bits per heavy atom. The van der Waals surface area contributed by atoms with Crippen LogP contribution in [0, 0.1) is 0 Å². The van der Waals surface area contributed by atoms with Crippen molar-refractivity contribution in [2.75, 3.05) is 7.05 Å². The van der Waals surface area contributed by atoms with E-state index in [1.54, 1.807) is 7.05 Å². The van der Waals surface area contributed by atoms with Crippen molar-refractivity contribution in [2.45, 2.75) is 0 Å². The first kappa shape index (κ1) is 4.04. The van der Waals surface area contributed by atoms with Crippen LogP contribution in [0.2, 0.25) is 0 Å². The molecular formula is C2H4N5. The van der Waals surface area contributed by atoms with Gasteiger partial charge in [0.25, 0.3) is 5.96 Å². The van der Waals surface area contributed by atoms with E-state index in [9.17, 15) is 0 Å². The lowest BCUT2D eigenvalue weighted by Gasteiger charge is -1.86. The lowest BCUT2D eigenvalue weighted by atomic mass is 11.0. The zero-order chi connectivity index (χ0) is 5.11. The van der Waals surface area contributed by atoms with Gasteiger partial charge in [0.05, 0.1) is 0 Å². The molecule has 0 aromatic carbocycles. The molecule has 0 fully saturated rings. The van der Waals surface area contributed by atoms with Crippen molar-refractivity contribution in [3.05, 3.63) is 0 Å². The van der Waals surface area contributed by atoms with Gasteiger partial charge in [-0.1, -0.05) is 10.5 Å². The number of hydrogen-bond donors (Lipinski definition) is 1. The van der Waals surface area contributed by atoms with Crippen molar-refractivity contribution in [1.82, 2.24) is 10.7 Å². The molecule has 1 aliphatic rings. The molecule has 1 rings (SSSR count). The predicted octanol–water partition coefficient (Wildman–Crippen LogP) is -0.538. The van der Waals surface area contributed by atoms with E-state index in [0.29, 0.717) is 5.96 Å². The number of nitrogens with one attached hydrogen (secondary N) is 1. The highest BCUT2D eigenvalue weighted by atomic mass is 15.6. The topological polar surface area (TPSA) is 63.2 Å². The van der Waals surface area contributed by atoms with Crippen molar-refractivity contribution in [3.63, 3.8) is 0 Å². The highest BCUT2D eigenvalue weighted by molar-refractivity contribution is 5.79. The zero-order valence-corrected chi connectivity index (χ0v) is 3.79. The molecule has 0 aromatic rings. The summed E-state index contributed by atoms with van der Waals surface area (Å²) in [5, 5.41) is 12.5. The van der Waals surface area contributed by atoms with Crippen LogP contribution < -0.4 is 10.7 Å². The highest BCUT2D eigenvalue weighted by Crippen LogP contribution is 1.84. The molecule has 0 unspecified atom stereocenters. The Balaban J connectivity index is 2.45. The van der Waals surface area contributed by atoms with Gasteiger partial charge in [-0.3, -0.25) is 0 Å². The van der Waals surface area contributed by atoms with Crippen LogP contribution >= 0.6 is 0 Å². The molecule has 0 amide bonds. The van der Waals surface area contributed by atoms with Crippen molar-refractivity contribution in [1.29, 1.82) is 0 Å². The Kier molecular flexibility index (Phi) is 0.892. The summed E-state index contributed by atoms with van der Waals surface area (Å²) >= 11 is 0. The van der Waals surface area contributed by atoms with E-state index < -0.39 is 0 Å². The van der Waals surface area contributed by atoms with Crippen molar-refractivity contribution in [3.8, 4) is 0 Å². The third kappa shape index (κ3) is 0.648. The average Bonchev–Trinajstić information content (AvgIpc) is 2.14. The molecule has 0 saturated heterocycles. The largest absolute Gasteiger partial charge is 0.355 e. The minimum Gasteiger partial charge on any atom is -0.355 e. The number of guanidine groups is 1. The number of rotatable bonds is 0. The maximum absolute atomic E-state index is 3.45. The Bertz CT molecular complexity index is 113. The van der Waals surface area contributed by atoms with Gasteiger partial charge in [-0.2, -0.15) is 0 Å². The molecule has 0 atom stereocenters. The second-order valence-electron chi connectivity index (χ2n) is 0.952. The van der Waals surface area contributed by atoms with Crippen LogP contribution in [0.15, 0.2) is 15.5 Å². The van der Waals surface area contributed by atoms with Crippen LogP contribution in [0.1, 0.15) is 0 Å². The highest BCUT2D eigenvalue weighted by Gasteiger charge is 1.98. The molecule has 0 saturated carbocycles. The lowest BCUT2D eigenvalue weighted by Crippen LogP contribution is -2.22. The van der Waals surface area contributed by atoms with E-state index in [-0.39, 0.29) is 0 Å². The normalized spacial score (nSPS) is 15.9. The third-order valence-electron chi connectivity index (χ3n) is 0.542. The van der Waals surface area contributed by atoms with Crippen LogP contribution in [-0.2, 0) is 0 Å². The fraction of sp³-hybridized carbons (Fsp3) is 0.500. The van der Waals surface area contributed by atoms with Gasteiger partial charge in [0.15, 0.2) is 0 Å². The molecule has 1 aliphatic heterocycles. The summed E-state index contributed by atoms with van der Waals surface area (Å²) in [6.07, 6.45) is 0. The first-order valence-electron chi connectivity index (χ1n) is 1.80. The van der Waals surface area contributed by atoms with Crippen LogP contribution in [-0.4, -0.2) is 13.0 Å². The first-order valence-corrected chi connectivity index (χ1v) is 1.80. The van der Waals surface area contributed by atoms with Gasteiger partial charge < -0.3 is 5.32 Å². The van der Waals surface area contributed by atoms with Gasteiger partial charge in [-0.25, -0.2) is 0 Å². The summed E-state index contributed by atoms with van der Waals surface area (Å²) < 4.78 is 0. The van der Waals surface area contributed by atoms with Crippen molar-refractivity contribution in [2.24, 2.45) is 15.5 Å². The van der Waals surface area contributed by atoms with Crippen LogP contribution in [0.3, 0.4) is 0 Å². The number of hydrogen-bond acceptors (Lipinski definition) is 4. The summed E-state index contributed by atoms with van der Waals surface area (Å²) in [5.74, 6) is 0.458. The predicted molar refractivity (Wildman–Crippen MR) is 23.5 cm³/mol. The summed E-state index contributed by atoms with van der Waals surface area (Å²) in [6.45, 7) is 0. The molecule has 0 spiro atoms. The van der Waals surface area contributed by atoms with Crippen LogP contribution in [0.4, 0.5) is 0 Å².